The van der Waals surface area contributed by atoms with Crippen LogP contribution in [0.4, 0.5) is 24.7 Å². The van der Waals surface area contributed by atoms with Crippen LogP contribution < -0.4 is 15.0 Å². The smallest absolute Gasteiger partial charge is 0.406 e. The molecule has 1 N–H and O–H groups in total. The third kappa shape index (κ3) is 5.14. The lowest BCUT2D eigenvalue weighted by Gasteiger charge is -2.19. The third-order valence-corrected chi connectivity index (χ3v) is 4.75. The van der Waals surface area contributed by atoms with E-state index in [1.807, 2.05) is 24.0 Å². The number of rotatable bonds is 5. The Balaban J connectivity index is 1.58. The zero-order valence-corrected chi connectivity index (χ0v) is 17.0. The van der Waals surface area contributed by atoms with E-state index >= 15 is 0 Å². The van der Waals surface area contributed by atoms with E-state index in [4.69, 9.17) is 4.74 Å². The van der Waals surface area contributed by atoms with Crippen molar-refractivity contribution in [3.05, 3.63) is 66.1 Å². The first-order valence-electron chi connectivity index (χ1n) is 9.71. The molecule has 4 rings (SSSR count). The second kappa shape index (κ2) is 8.83. The number of carbonyl (C=O) groups excluding carboxylic acids is 1. The summed E-state index contributed by atoms with van der Waals surface area (Å²) in [5.74, 6) is -0.144. The Morgan fingerprint density at radius 3 is 2.53 bits per heavy atom. The summed E-state index contributed by atoms with van der Waals surface area (Å²) >= 11 is 0. The van der Waals surface area contributed by atoms with Gasteiger partial charge in [0.15, 0.2) is 0 Å². The van der Waals surface area contributed by atoms with Gasteiger partial charge in [0.25, 0.3) is 5.91 Å². The van der Waals surface area contributed by atoms with E-state index in [1.165, 1.54) is 18.3 Å². The highest BCUT2D eigenvalue weighted by Crippen LogP contribution is 2.31. The first kappa shape index (κ1) is 21.6. The average Bonchev–Trinajstić information content (AvgIpc) is 3.29. The number of hydrogen-bond acceptors (Lipinski definition) is 6. The Morgan fingerprint density at radius 2 is 1.91 bits per heavy atom. The monoisotopic (exact) mass is 444 g/mol. The summed E-state index contributed by atoms with van der Waals surface area (Å²) in [6.07, 6.45) is -1.61. The molecule has 0 aliphatic carbocycles. The Morgan fingerprint density at radius 1 is 1.12 bits per heavy atom. The maximum Gasteiger partial charge on any atom is 0.573 e. The number of carbonyl (C=O) groups is 1. The topological polar surface area (TPSA) is 76.6 Å². The fourth-order valence-corrected chi connectivity index (χ4v) is 3.20. The number of nitrogens with one attached hydrogen (secondary N) is 1. The maximum atomic E-state index is 12.8. The summed E-state index contributed by atoms with van der Waals surface area (Å²) in [6, 6.07) is 10.4. The minimum atomic E-state index is -4.78. The van der Waals surface area contributed by atoms with Gasteiger partial charge >= 0.3 is 6.36 Å². The van der Waals surface area contributed by atoms with Crippen molar-refractivity contribution < 1.29 is 27.4 Å². The molecule has 0 unspecified atom stereocenters. The van der Waals surface area contributed by atoms with Gasteiger partial charge in [0, 0.05) is 41.4 Å². The normalized spacial score (nSPS) is 13.8. The molecule has 1 aliphatic heterocycles. The lowest BCUT2D eigenvalue weighted by molar-refractivity contribution is -0.274. The molecule has 0 spiro atoms. The number of halogens is 3. The van der Waals surface area contributed by atoms with Gasteiger partial charge in [0.05, 0.1) is 12.2 Å². The van der Waals surface area contributed by atoms with Gasteiger partial charge in [-0.05, 0) is 43.3 Å². The molecule has 2 aromatic heterocycles. The highest BCUT2D eigenvalue weighted by Gasteiger charge is 2.31. The molecule has 1 aromatic carbocycles. The van der Waals surface area contributed by atoms with Gasteiger partial charge in [-0.3, -0.25) is 9.78 Å². The number of aromatic nitrogens is 2. The molecule has 10 heteroatoms. The van der Waals surface area contributed by atoms with Gasteiger partial charge in [0.2, 0.25) is 0 Å². The number of pyridine rings is 2. The quantitative estimate of drug-likeness (QED) is 0.629. The van der Waals surface area contributed by atoms with E-state index in [9.17, 15) is 18.0 Å². The van der Waals surface area contributed by atoms with Gasteiger partial charge in [0.1, 0.15) is 18.3 Å². The fourth-order valence-electron chi connectivity index (χ4n) is 3.20. The number of hydrogen-bond donors (Lipinski definition) is 1. The summed E-state index contributed by atoms with van der Waals surface area (Å²) in [4.78, 5) is 23.6. The minimum absolute atomic E-state index is 0.292. The van der Waals surface area contributed by atoms with Crippen molar-refractivity contribution in [2.75, 3.05) is 30.1 Å². The van der Waals surface area contributed by atoms with Crippen LogP contribution in [-0.2, 0) is 4.74 Å². The van der Waals surface area contributed by atoms with Crippen LogP contribution in [0.15, 0.2) is 54.9 Å². The lowest BCUT2D eigenvalue weighted by Crippen LogP contribution is -2.21. The molecule has 0 saturated carbocycles. The van der Waals surface area contributed by atoms with Crippen molar-refractivity contribution in [1.82, 2.24) is 9.97 Å². The predicted octanol–water partition coefficient (Wildman–Crippen LogP) is 4.40. The summed E-state index contributed by atoms with van der Waals surface area (Å²) in [7, 11) is 0. The molecule has 1 amide bonds. The van der Waals surface area contributed by atoms with Crippen LogP contribution >= 0.6 is 0 Å². The van der Waals surface area contributed by atoms with E-state index in [-0.39, 0.29) is 5.75 Å². The zero-order chi connectivity index (χ0) is 22.7. The maximum absolute atomic E-state index is 12.8. The van der Waals surface area contributed by atoms with Crippen molar-refractivity contribution >= 4 is 17.4 Å². The molecule has 3 heterocycles. The highest BCUT2D eigenvalue weighted by atomic mass is 19.4. The Labute approximate surface area is 181 Å². The molecule has 3 aromatic rings. The Bertz CT molecular complexity index is 1100. The van der Waals surface area contributed by atoms with Crippen molar-refractivity contribution in [1.29, 1.82) is 0 Å². The second-order valence-corrected chi connectivity index (χ2v) is 7.11. The van der Waals surface area contributed by atoms with E-state index < -0.39 is 12.3 Å². The summed E-state index contributed by atoms with van der Waals surface area (Å²) in [6.45, 7) is 3.55. The molecule has 0 radical (unpaired) electrons. The van der Waals surface area contributed by atoms with Gasteiger partial charge < -0.3 is 19.7 Å². The zero-order valence-electron chi connectivity index (χ0n) is 17.0. The lowest BCUT2D eigenvalue weighted by atomic mass is 10.1. The van der Waals surface area contributed by atoms with Crippen LogP contribution in [0, 0.1) is 6.92 Å². The Hall–Kier alpha value is -3.66. The van der Waals surface area contributed by atoms with Crippen LogP contribution in [-0.4, -0.2) is 42.1 Å². The van der Waals surface area contributed by atoms with E-state index in [1.54, 1.807) is 12.3 Å². The summed E-state index contributed by atoms with van der Waals surface area (Å²) in [5.41, 5.74) is 3.00. The number of benzene rings is 1. The molecule has 1 fully saturated rings. The number of ether oxygens (including phenoxy) is 2. The number of alkyl halides is 3. The van der Waals surface area contributed by atoms with Crippen LogP contribution in [0.3, 0.4) is 0 Å². The van der Waals surface area contributed by atoms with Crippen LogP contribution in [0.5, 0.6) is 5.75 Å². The second-order valence-electron chi connectivity index (χ2n) is 7.11. The van der Waals surface area contributed by atoms with Crippen LogP contribution in [0.2, 0.25) is 0 Å². The first-order valence-corrected chi connectivity index (χ1v) is 9.71. The molecular weight excluding hydrogens is 425 g/mol. The molecular formula is C22H19F3N4O3. The van der Waals surface area contributed by atoms with Gasteiger partial charge in [-0.15, -0.1) is 13.2 Å². The molecule has 32 heavy (non-hydrogen) atoms. The van der Waals surface area contributed by atoms with Crippen molar-refractivity contribution in [2.24, 2.45) is 0 Å². The van der Waals surface area contributed by atoms with E-state index in [0.717, 1.165) is 29.0 Å². The van der Waals surface area contributed by atoms with Crippen LogP contribution in [0.25, 0.3) is 11.1 Å². The van der Waals surface area contributed by atoms with Crippen molar-refractivity contribution in [3.8, 4) is 16.9 Å². The summed E-state index contributed by atoms with van der Waals surface area (Å²) < 4.78 is 46.2. The van der Waals surface area contributed by atoms with Crippen LogP contribution in [0.1, 0.15) is 16.1 Å². The van der Waals surface area contributed by atoms with Gasteiger partial charge in [-0.2, -0.15) is 0 Å². The molecule has 0 bridgehead atoms. The van der Waals surface area contributed by atoms with Gasteiger partial charge in [-0.25, -0.2) is 4.98 Å². The SMILES string of the molecule is Cc1ccc(-c2cc(C(=O)Nc3ccc(OC(F)(F)F)cc3)cnc2N2CCOC2)cn1. The predicted molar refractivity (Wildman–Crippen MR) is 111 cm³/mol. The standard InChI is InChI=1S/C22H19F3N4O3/c1-14-2-3-15(11-26-14)19-10-16(12-27-20(19)29-8-9-31-13-29)21(30)28-17-4-6-18(7-5-17)32-22(23,24)25/h2-7,10-12H,8-9,13H2,1H3,(H,28,30). The molecule has 166 valence electrons. The minimum Gasteiger partial charge on any atom is -0.406 e. The average molecular weight is 444 g/mol. The number of amides is 1. The molecule has 0 atom stereocenters. The van der Waals surface area contributed by atoms with E-state index in [2.05, 4.69) is 20.0 Å². The molecule has 1 saturated heterocycles. The third-order valence-electron chi connectivity index (χ3n) is 4.75. The first-order chi connectivity index (χ1) is 15.3. The van der Waals surface area contributed by atoms with Crippen molar-refractivity contribution in [2.45, 2.75) is 13.3 Å². The number of nitrogens with zero attached hydrogens (tertiary/aromatic N) is 3. The largest absolute Gasteiger partial charge is 0.573 e. The van der Waals surface area contributed by atoms with E-state index in [0.29, 0.717) is 37.0 Å². The summed E-state index contributed by atoms with van der Waals surface area (Å²) in [5, 5.41) is 2.66. The Kier molecular flexibility index (Phi) is 5.95. The fraction of sp³-hybridized carbons (Fsp3) is 0.227. The van der Waals surface area contributed by atoms with Gasteiger partial charge in [-0.1, -0.05) is 6.07 Å². The molecule has 7 nitrogen and oxygen atoms in total. The number of anilines is 2. The molecule has 1 aliphatic rings. The number of aryl methyl sites for hydroxylation is 1. The van der Waals surface area contributed by atoms with Crippen molar-refractivity contribution in [3.63, 3.8) is 0 Å². The highest BCUT2D eigenvalue weighted by molar-refractivity contribution is 6.05.